The average Bonchev–Trinajstić information content (AvgIpc) is 3.06. The lowest BCUT2D eigenvalue weighted by Crippen LogP contribution is -2.35. The van der Waals surface area contributed by atoms with Crippen LogP contribution in [0.4, 0.5) is 0 Å². The number of hydrogen-bond acceptors (Lipinski definition) is 4. The molecule has 1 fully saturated rings. The minimum atomic E-state index is -0.133. The Bertz CT molecular complexity index is 713. The van der Waals surface area contributed by atoms with Crippen molar-refractivity contribution >= 4 is 12.0 Å². The van der Waals surface area contributed by atoms with Crippen molar-refractivity contribution in [2.45, 2.75) is 20.0 Å². The number of furan rings is 1. The lowest BCUT2D eigenvalue weighted by Gasteiger charge is -2.26. The number of ether oxygens (including phenoxy) is 1. The molecule has 5 nitrogen and oxygen atoms in total. The van der Waals surface area contributed by atoms with Gasteiger partial charge in [-0.05, 0) is 36.3 Å². The van der Waals surface area contributed by atoms with Crippen LogP contribution in [0.5, 0.6) is 0 Å². The van der Waals surface area contributed by atoms with Crippen molar-refractivity contribution in [3.05, 3.63) is 65.1 Å². The van der Waals surface area contributed by atoms with Gasteiger partial charge in [0, 0.05) is 32.3 Å². The topological polar surface area (TPSA) is 54.7 Å². The molecule has 0 aliphatic carbocycles. The molecule has 132 valence electrons. The average molecular weight is 340 g/mol. The fourth-order valence-electron chi connectivity index (χ4n) is 2.73. The van der Waals surface area contributed by atoms with Gasteiger partial charge in [-0.3, -0.25) is 9.69 Å². The molecule has 0 bridgehead atoms. The van der Waals surface area contributed by atoms with Gasteiger partial charge in [0.1, 0.15) is 11.5 Å². The first kappa shape index (κ1) is 17.5. The molecular formula is C20H24N2O3. The summed E-state index contributed by atoms with van der Waals surface area (Å²) in [6, 6.07) is 12.1. The van der Waals surface area contributed by atoms with Crippen molar-refractivity contribution < 1.29 is 13.9 Å². The maximum absolute atomic E-state index is 11.9. The number of nitrogens with zero attached hydrogens (tertiary/aromatic N) is 1. The monoisotopic (exact) mass is 340 g/mol. The van der Waals surface area contributed by atoms with E-state index >= 15 is 0 Å². The summed E-state index contributed by atoms with van der Waals surface area (Å²) in [5, 5.41) is 2.88. The Hall–Kier alpha value is -2.37. The van der Waals surface area contributed by atoms with E-state index in [-0.39, 0.29) is 5.91 Å². The summed E-state index contributed by atoms with van der Waals surface area (Å²) in [5.74, 6) is 1.38. The van der Waals surface area contributed by atoms with Crippen molar-refractivity contribution in [1.29, 1.82) is 0 Å². The molecule has 2 heterocycles. The SMILES string of the molecule is Cc1ccc(/C=C/C(=O)NCc2ccc(CN3CCOCC3)cc2)o1. The van der Waals surface area contributed by atoms with Gasteiger partial charge in [0.15, 0.2) is 0 Å². The van der Waals surface area contributed by atoms with E-state index in [1.807, 2.05) is 19.1 Å². The molecular weight excluding hydrogens is 316 g/mol. The second-order valence-corrected chi connectivity index (χ2v) is 6.20. The van der Waals surface area contributed by atoms with Crippen LogP contribution in [0, 0.1) is 6.92 Å². The quantitative estimate of drug-likeness (QED) is 0.822. The predicted molar refractivity (Wildman–Crippen MR) is 96.9 cm³/mol. The molecule has 25 heavy (non-hydrogen) atoms. The molecule has 1 saturated heterocycles. The number of amides is 1. The molecule has 0 saturated carbocycles. The zero-order valence-corrected chi connectivity index (χ0v) is 14.5. The Morgan fingerprint density at radius 1 is 1.12 bits per heavy atom. The van der Waals surface area contributed by atoms with Crippen LogP contribution in [-0.2, 0) is 22.6 Å². The number of aryl methyl sites for hydroxylation is 1. The Labute approximate surface area is 148 Å². The zero-order chi connectivity index (χ0) is 17.5. The number of morpholine rings is 1. The highest BCUT2D eigenvalue weighted by Gasteiger charge is 2.10. The van der Waals surface area contributed by atoms with Crippen molar-refractivity contribution in [2.75, 3.05) is 26.3 Å². The molecule has 0 atom stereocenters. The highest BCUT2D eigenvalue weighted by molar-refractivity contribution is 5.91. The van der Waals surface area contributed by atoms with Gasteiger partial charge >= 0.3 is 0 Å². The third-order valence-electron chi connectivity index (χ3n) is 4.16. The predicted octanol–water partition coefficient (Wildman–Crippen LogP) is 2.75. The van der Waals surface area contributed by atoms with Gasteiger partial charge < -0.3 is 14.5 Å². The number of carbonyl (C=O) groups is 1. The summed E-state index contributed by atoms with van der Waals surface area (Å²) < 4.78 is 10.8. The summed E-state index contributed by atoms with van der Waals surface area (Å²) in [7, 11) is 0. The number of carbonyl (C=O) groups excluding carboxylic acids is 1. The minimum Gasteiger partial charge on any atom is -0.462 e. The van der Waals surface area contributed by atoms with Gasteiger partial charge in [-0.25, -0.2) is 0 Å². The molecule has 0 unspecified atom stereocenters. The van der Waals surface area contributed by atoms with E-state index in [9.17, 15) is 4.79 Å². The Kier molecular flexibility index (Phi) is 6.04. The molecule has 1 aromatic carbocycles. The second-order valence-electron chi connectivity index (χ2n) is 6.20. The number of benzene rings is 1. The minimum absolute atomic E-state index is 0.133. The van der Waals surface area contributed by atoms with Crippen LogP contribution < -0.4 is 5.32 Å². The first-order valence-corrected chi connectivity index (χ1v) is 8.59. The smallest absolute Gasteiger partial charge is 0.244 e. The van der Waals surface area contributed by atoms with E-state index in [4.69, 9.17) is 9.15 Å². The summed E-state index contributed by atoms with van der Waals surface area (Å²) in [4.78, 5) is 14.3. The molecule has 0 spiro atoms. The Morgan fingerprint density at radius 3 is 2.52 bits per heavy atom. The van der Waals surface area contributed by atoms with Gasteiger partial charge in [-0.15, -0.1) is 0 Å². The molecule has 5 heteroatoms. The van der Waals surface area contributed by atoms with E-state index < -0.39 is 0 Å². The van der Waals surface area contributed by atoms with E-state index in [1.165, 1.54) is 11.6 Å². The van der Waals surface area contributed by atoms with Gasteiger partial charge in [0.25, 0.3) is 0 Å². The Balaban J connectivity index is 1.44. The zero-order valence-electron chi connectivity index (χ0n) is 14.5. The van der Waals surface area contributed by atoms with Crippen LogP contribution >= 0.6 is 0 Å². The van der Waals surface area contributed by atoms with E-state index in [1.54, 1.807) is 6.08 Å². The van der Waals surface area contributed by atoms with Crippen molar-refractivity contribution in [3.8, 4) is 0 Å². The van der Waals surface area contributed by atoms with Crippen LogP contribution in [0.15, 0.2) is 46.9 Å². The third-order valence-corrected chi connectivity index (χ3v) is 4.16. The molecule has 2 aromatic rings. The van der Waals surface area contributed by atoms with E-state index in [0.717, 1.165) is 44.2 Å². The maximum atomic E-state index is 11.9. The summed E-state index contributed by atoms with van der Waals surface area (Å²) in [6.07, 6.45) is 3.17. The normalized spacial score (nSPS) is 15.6. The highest BCUT2D eigenvalue weighted by atomic mass is 16.5. The lowest BCUT2D eigenvalue weighted by molar-refractivity contribution is -0.116. The van der Waals surface area contributed by atoms with Gasteiger partial charge in [-0.2, -0.15) is 0 Å². The highest BCUT2D eigenvalue weighted by Crippen LogP contribution is 2.10. The maximum Gasteiger partial charge on any atom is 0.244 e. The van der Waals surface area contributed by atoms with Crippen molar-refractivity contribution in [1.82, 2.24) is 10.2 Å². The van der Waals surface area contributed by atoms with Crippen LogP contribution in [0.1, 0.15) is 22.6 Å². The van der Waals surface area contributed by atoms with Gasteiger partial charge in [0.05, 0.1) is 13.2 Å². The first-order chi connectivity index (χ1) is 12.2. The molecule has 1 N–H and O–H groups in total. The molecule has 1 amide bonds. The van der Waals surface area contributed by atoms with Crippen molar-refractivity contribution in [2.24, 2.45) is 0 Å². The first-order valence-electron chi connectivity index (χ1n) is 8.59. The Morgan fingerprint density at radius 2 is 1.84 bits per heavy atom. The second kappa shape index (κ2) is 8.65. The molecule has 1 aliphatic heterocycles. The molecule has 1 aromatic heterocycles. The third kappa shape index (κ3) is 5.59. The standard InChI is InChI=1S/C20H24N2O3/c1-16-2-7-19(25-16)8-9-20(23)21-14-17-3-5-18(6-4-17)15-22-10-12-24-13-11-22/h2-9H,10-15H2,1H3,(H,21,23)/b9-8+. The van der Waals surface area contributed by atoms with Crippen LogP contribution in [0.25, 0.3) is 6.08 Å². The summed E-state index contributed by atoms with van der Waals surface area (Å²) in [6.45, 7) is 6.93. The number of hydrogen-bond donors (Lipinski definition) is 1. The number of rotatable bonds is 6. The van der Waals surface area contributed by atoms with Gasteiger partial charge in [0.2, 0.25) is 5.91 Å². The fourth-order valence-corrected chi connectivity index (χ4v) is 2.73. The van der Waals surface area contributed by atoms with Crippen LogP contribution in [-0.4, -0.2) is 37.1 Å². The molecule has 3 rings (SSSR count). The fraction of sp³-hybridized carbons (Fsp3) is 0.350. The molecule has 1 aliphatic rings. The molecule has 0 radical (unpaired) electrons. The largest absolute Gasteiger partial charge is 0.462 e. The summed E-state index contributed by atoms with van der Waals surface area (Å²) >= 11 is 0. The van der Waals surface area contributed by atoms with Crippen LogP contribution in [0.2, 0.25) is 0 Å². The number of nitrogens with one attached hydrogen (secondary N) is 1. The lowest BCUT2D eigenvalue weighted by atomic mass is 10.1. The van der Waals surface area contributed by atoms with E-state index in [2.05, 4.69) is 34.5 Å². The summed E-state index contributed by atoms with van der Waals surface area (Å²) in [5.41, 5.74) is 2.37. The van der Waals surface area contributed by atoms with E-state index in [0.29, 0.717) is 12.3 Å². The van der Waals surface area contributed by atoms with Gasteiger partial charge in [-0.1, -0.05) is 24.3 Å². The van der Waals surface area contributed by atoms with Crippen molar-refractivity contribution in [3.63, 3.8) is 0 Å². The van der Waals surface area contributed by atoms with Crippen LogP contribution in [0.3, 0.4) is 0 Å².